The predicted molar refractivity (Wildman–Crippen MR) is 146 cm³/mol. The molecule has 1 unspecified atom stereocenters. The molecule has 0 amide bonds. The molecule has 0 radical (unpaired) electrons. The van der Waals surface area contributed by atoms with E-state index in [9.17, 15) is 14.9 Å². The van der Waals surface area contributed by atoms with Crippen molar-refractivity contribution in [1.82, 2.24) is 4.57 Å². The van der Waals surface area contributed by atoms with Crippen molar-refractivity contribution in [2.75, 3.05) is 6.61 Å². The van der Waals surface area contributed by atoms with Crippen LogP contribution >= 0.6 is 0 Å². The van der Waals surface area contributed by atoms with Crippen LogP contribution in [0, 0.1) is 11.3 Å². The number of ketones is 1. The highest BCUT2D eigenvalue weighted by Gasteiger charge is 2.54. The Kier molecular flexibility index (Phi) is 5.50. The minimum absolute atomic E-state index is 0.0375. The Balaban J connectivity index is 1.68. The summed E-state index contributed by atoms with van der Waals surface area (Å²) in [7, 11) is 0. The Morgan fingerprint density at radius 1 is 0.947 bits per heavy atom. The lowest BCUT2D eigenvalue weighted by Gasteiger charge is -2.30. The summed E-state index contributed by atoms with van der Waals surface area (Å²) in [5, 5.41) is 15.6. The summed E-state index contributed by atoms with van der Waals surface area (Å²) in [6, 6.07) is 28.3. The third-order valence-corrected chi connectivity index (χ3v) is 7.32. The van der Waals surface area contributed by atoms with Gasteiger partial charge in [0.25, 0.3) is 0 Å². The first kappa shape index (κ1) is 23.5. The number of esters is 1. The van der Waals surface area contributed by atoms with E-state index in [1.807, 2.05) is 53.1 Å². The number of para-hydroxylation sites is 1. The molecule has 6 heteroatoms. The molecule has 0 fully saturated rings. The Hall–Kier alpha value is -4.89. The minimum atomic E-state index is -1.94. The maximum atomic E-state index is 13.5. The van der Waals surface area contributed by atoms with Gasteiger partial charge >= 0.3 is 5.97 Å². The molecule has 2 heterocycles. The topological polar surface area (TPSA) is 81.3 Å². The molecule has 0 saturated carbocycles. The van der Waals surface area contributed by atoms with E-state index >= 15 is 0 Å². The molecular formula is C32H24N2O4. The predicted octanol–water partition coefficient (Wildman–Crippen LogP) is 6.19. The second kappa shape index (κ2) is 8.89. The van der Waals surface area contributed by atoms with Crippen molar-refractivity contribution in [3.63, 3.8) is 0 Å². The fraction of sp³-hybridized carbons (Fsp3) is 0.156. The zero-order chi connectivity index (χ0) is 26.4. The number of carbonyl (C=O) groups is 2. The molecule has 5 aromatic rings. The third kappa shape index (κ3) is 3.25. The molecule has 1 aliphatic rings. The molecule has 6 nitrogen and oxygen atoms in total. The third-order valence-electron chi connectivity index (χ3n) is 7.32. The molecule has 0 bridgehead atoms. The highest BCUT2D eigenvalue weighted by atomic mass is 16.5. The van der Waals surface area contributed by atoms with Gasteiger partial charge in [0.1, 0.15) is 6.26 Å². The summed E-state index contributed by atoms with van der Waals surface area (Å²) in [5.41, 5.74) is 0.236. The van der Waals surface area contributed by atoms with Crippen LogP contribution in [-0.4, -0.2) is 22.9 Å². The summed E-state index contributed by atoms with van der Waals surface area (Å²) >= 11 is 0. The van der Waals surface area contributed by atoms with Gasteiger partial charge in [-0.3, -0.25) is 4.79 Å². The van der Waals surface area contributed by atoms with Crippen molar-refractivity contribution in [3.8, 4) is 11.9 Å². The first-order valence-electron chi connectivity index (χ1n) is 12.5. The lowest BCUT2D eigenvalue weighted by atomic mass is 9.73. The number of benzene rings is 4. The van der Waals surface area contributed by atoms with Crippen LogP contribution in [0.25, 0.3) is 32.4 Å². The molecule has 1 aliphatic heterocycles. The number of aromatic nitrogens is 1. The normalized spacial score (nSPS) is 16.5. The number of hydrogen-bond acceptors (Lipinski definition) is 5. The standard InChI is InChI=1S/C32H24N2O4/c1-3-37-31(36)32(19-33)27(20(2)35)18-38-30-29(32)25-14-8-9-15-28(25)34(30)17-26-23-12-6-4-10-21(23)16-22-11-5-7-13-24(22)26/h4-16,18H,3,17H2,1-2H3. The van der Waals surface area contributed by atoms with Gasteiger partial charge in [0, 0.05) is 5.39 Å². The van der Waals surface area contributed by atoms with Crippen LogP contribution in [-0.2, 0) is 26.3 Å². The quantitative estimate of drug-likeness (QED) is 0.212. The average molecular weight is 501 g/mol. The average Bonchev–Trinajstić information content (AvgIpc) is 3.26. The summed E-state index contributed by atoms with van der Waals surface area (Å²) in [6.07, 6.45) is 1.24. The van der Waals surface area contributed by atoms with Gasteiger partial charge in [0.15, 0.2) is 5.78 Å². The lowest BCUT2D eigenvalue weighted by Crippen LogP contribution is -2.42. The highest BCUT2D eigenvalue weighted by Crippen LogP contribution is 2.48. The van der Waals surface area contributed by atoms with E-state index in [0.717, 1.165) is 32.6 Å². The Morgan fingerprint density at radius 3 is 2.16 bits per heavy atom. The van der Waals surface area contributed by atoms with Gasteiger partial charge in [0.05, 0.1) is 35.9 Å². The first-order valence-corrected chi connectivity index (χ1v) is 12.5. The summed E-state index contributed by atoms with van der Waals surface area (Å²) in [6.45, 7) is 3.50. The summed E-state index contributed by atoms with van der Waals surface area (Å²) in [5.74, 6) is -0.864. The monoisotopic (exact) mass is 500 g/mol. The van der Waals surface area contributed by atoms with Gasteiger partial charge < -0.3 is 14.0 Å². The van der Waals surface area contributed by atoms with Crippen molar-refractivity contribution < 1.29 is 19.1 Å². The number of nitriles is 1. The first-order chi connectivity index (χ1) is 18.5. The molecule has 1 aromatic heterocycles. The van der Waals surface area contributed by atoms with Crippen LogP contribution in [0.3, 0.4) is 0 Å². The van der Waals surface area contributed by atoms with E-state index in [1.54, 1.807) is 6.92 Å². The van der Waals surface area contributed by atoms with Crippen molar-refractivity contribution in [2.45, 2.75) is 25.8 Å². The van der Waals surface area contributed by atoms with Crippen molar-refractivity contribution in [2.24, 2.45) is 0 Å². The second-order valence-corrected chi connectivity index (χ2v) is 9.37. The maximum Gasteiger partial charge on any atom is 0.336 e. The smallest absolute Gasteiger partial charge is 0.336 e. The fourth-order valence-corrected chi connectivity index (χ4v) is 5.66. The van der Waals surface area contributed by atoms with Gasteiger partial charge in [-0.25, -0.2) is 4.79 Å². The SMILES string of the molecule is CCOC(=O)C1(C#N)C(C(C)=O)=COc2c1c1ccccc1n2Cc1c2ccccc2cc2ccccc12. The van der Waals surface area contributed by atoms with Crippen LogP contribution in [0.1, 0.15) is 25.0 Å². The molecule has 186 valence electrons. The summed E-state index contributed by atoms with van der Waals surface area (Å²) in [4.78, 5) is 26.2. The Morgan fingerprint density at radius 2 is 1.55 bits per heavy atom. The molecular weight excluding hydrogens is 476 g/mol. The summed E-state index contributed by atoms with van der Waals surface area (Å²) < 4.78 is 13.5. The van der Waals surface area contributed by atoms with Crippen molar-refractivity contribution >= 4 is 44.2 Å². The number of nitrogens with zero attached hydrogens (tertiary/aromatic N) is 2. The van der Waals surface area contributed by atoms with E-state index in [0.29, 0.717) is 23.4 Å². The number of Topliss-reactive ketones (excluding diaryl/α,β-unsaturated/α-hetero) is 1. The van der Waals surface area contributed by atoms with Gasteiger partial charge in [-0.05, 0) is 53.1 Å². The van der Waals surface area contributed by atoms with E-state index in [4.69, 9.17) is 9.47 Å². The number of rotatable bonds is 5. The van der Waals surface area contributed by atoms with E-state index in [1.165, 1.54) is 13.2 Å². The van der Waals surface area contributed by atoms with E-state index in [2.05, 4.69) is 36.4 Å². The Bertz CT molecular complexity index is 1800. The van der Waals surface area contributed by atoms with Crippen molar-refractivity contribution in [3.05, 3.63) is 102 Å². The maximum absolute atomic E-state index is 13.5. The second-order valence-electron chi connectivity index (χ2n) is 9.37. The minimum Gasteiger partial charge on any atom is -0.464 e. The Labute approximate surface area is 219 Å². The van der Waals surface area contributed by atoms with Crippen LogP contribution in [0.2, 0.25) is 0 Å². The zero-order valence-corrected chi connectivity index (χ0v) is 21.0. The highest BCUT2D eigenvalue weighted by molar-refractivity contribution is 6.10. The molecule has 0 N–H and O–H groups in total. The van der Waals surface area contributed by atoms with Gasteiger partial charge in [0.2, 0.25) is 11.3 Å². The fourth-order valence-electron chi connectivity index (χ4n) is 5.66. The largest absolute Gasteiger partial charge is 0.464 e. The molecule has 0 aliphatic carbocycles. The van der Waals surface area contributed by atoms with Gasteiger partial charge in [-0.2, -0.15) is 5.26 Å². The van der Waals surface area contributed by atoms with Crippen LogP contribution in [0.15, 0.2) is 90.7 Å². The number of carbonyl (C=O) groups excluding carboxylic acids is 2. The van der Waals surface area contributed by atoms with Crippen molar-refractivity contribution in [1.29, 1.82) is 5.26 Å². The van der Waals surface area contributed by atoms with Crippen LogP contribution < -0.4 is 4.74 Å². The van der Waals surface area contributed by atoms with E-state index < -0.39 is 17.2 Å². The lowest BCUT2D eigenvalue weighted by molar-refractivity contribution is -0.147. The molecule has 6 rings (SSSR count). The number of fused-ring (bicyclic) bond motifs is 5. The van der Waals surface area contributed by atoms with Gasteiger partial charge in [-0.1, -0.05) is 66.7 Å². The molecule has 1 atom stereocenters. The van der Waals surface area contributed by atoms with E-state index in [-0.39, 0.29) is 12.2 Å². The zero-order valence-electron chi connectivity index (χ0n) is 21.0. The van der Waals surface area contributed by atoms with Crippen LogP contribution in [0.4, 0.5) is 0 Å². The van der Waals surface area contributed by atoms with Crippen LogP contribution in [0.5, 0.6) is 5.88 Å². The number of ether oxygens (including phenoxy) is 2. The molecule has 4 aromatic carbocycles. The van der Waals surface area contributed by atoms with Gasteiger partial charge in [-0.15, -0.1) is 0 Å². The molecule has 0 saturated heterocycles. The molecule has 0 spiro atoms. The molecule has 38 heavy (non-hydrogen) atoms. The number of hydrogen-bond donors (Lipinski definition) is 0.